The summed E-state index contributed by atoms with van der Waals surface area (Å²) in [7, 11) is 0. The van der Waals surface area contributed by atoms with Crippen molar-refractivity contribution in [2.24, 2.45) is 0 Å². The SMILES string of the molecule is O=C(CP(O)(O)=[Se])NC1CCCCC1. The Morgan fingerprint density at radius 3 is 2.43 bits per heavy atom. The van der Waals surface area contributed by atoms with Gasteiger partial charge in [-0.3, -0.25) is 0 Å². The Kier molecular flexibility index (Phi) is 4.81. The molecule has 1 amide bonds. The van der Waals surface area contributed by atoms with E-state index >= 15 is 0 Å². The third-order valence-electron chi connectivity index (χ3n) is 2.32. The first-order chi connectivity index (χ1) is 6.47. The molecule has 1 saturated carbocycles. The van der Waals surface area contributed by atoms with Gasteiger partial charge in [-0.1, -0.05) is 0 Å². The molecule has 0 unspecified atom stereocenters. The standard InChI is InChI=1S/C8H16NO3PSe/c10-8(6-13(11,12)14)9-7-4-2-1-3-5-7/h7H,1-6H2,(H,9,10)(H2,11,12,14). The van der Waals surface area contributed by atoms with Gasteiger partial charge in [0.1, 0.15) is 0 Å². The quantitative estimate of drug-likeness (QED) is 0.517. The van der Waals surface area contributed by atoms with Crippen molar-refractivity contribution in [1.29, 1.82) is 0 Å². The molecule has 3 N–H and O–H groups in total. The van der Waals surface area contributed by atoms with Gasteiger partial charge in [0.25, 0.3) is 0 Å². The summed E-state index contributed by atoms with van der Waals surface area (Å²) >= 11 is 2.25. The predicted molar refractivity (Wildman–Crippen MR) is 57.0 cm³/mol. The van der Waals surface area contributed by atoms with Crippen LogP contribution >= 0.6 is 5.96 Å². The summed E-state index contributed by atoms with van der Waals surface area (Å²) < 4.78 is 0. The van der Waals surface area contributed by atoms with Crippen LogP contribution in [0.3, 0.4) is 0 Å². The van der Waals surface area contributed by atoms with Crippen LogP contribution in [0, 0.1) is 0 Å². The Morgan fingerprint density at radius 1 is 1.36 bits per heavy atom. The minimum absolute atomic E-state index is 0.191. The molecule has 0 bridgehead atoms. The molecule has 1 fully saturated rings. The number of amides is 1. The third-order valence-corrected chi connectivity index (χ3v) is 3.83. The van der Waals surface area contributed by atoms with Gasteiger partial charge in [0.2, 0.25) is 0 Å². The van der Waals surface area contributed by atoms with Gasteiger partial charge in [-0.2, -0.15) is 0 Å². The van der Waals surface area contributed by atoms with Crippen LogP contribution in [0.5, 0.6) is 0 Å². The van der Waals surface area contributed by atoms with Crippen molar-refractivity contribution < 1.29 is 14.6 Å². The van der Waals surface area contributed by atoms with Crippen LogP contribution in [0.1, 0.15) is 32.1 Å². The number of rotatable bonds is 3. The van der Waals surface area contributed by atoms with Gasteiger partial charge in [0.15, 0.2) is 0 Å². The molecule has 0 saturated heterocycles. The molecule has 0 atom stereocenters. The van der Waals surface area contributed by atoms with E-state index in [0.717, 1.165) is 25.7 Å². The number of nitrogens with one attached hydrogen (secondary N) is 1. The molecule has 0 spiro atoms. The van der Waals surface area contributed by atoms with Crippen molar-refractivity contribution in [2.45, 2.75) is 38.1 Å². The zero-order valence-corrected chi connectivity index (χ0v) is 10.6. The summed E-state index contributed by atoms with van der Waals surface area (Å²) in [6.07, 6.45) is 5.39. The van der Waals surface area contributed by atoms with Gasteiger partial charge in [0.05, 0.1) is 0 Å². The molecule has 6 heteroatoms. The topological polar surface area (TPSA) is 69.6 Å². The molecule has 0 aromatic heterocycles. The van der Waals surface area contributed by atoms with E-state index in [1.54, 1.807) is 0 Å². The third kappa shape index (κ3) is 5.28. The zero-order chi connectivity index (χ0) is 10.6. The first kappa shape index (κ1) is 12.4. The number of hydrogen-bond donors (Lipinski definition) is 3. The van der Waals surface area contributed by atoms with Crippen LogP contribution < -0.4 is 5.32 Å². The molecule has 82 valence electrons. The van der Waals surface area contributed by atoms with Crippen molar-refractivity contribution >= 4 is 27.0 Å². The molecular formula is C8H16NO3PSe. The van der Waals surface area contributed by atoms with E-state index in [-0.39, 0.29) is 18.1 Å². The van der Waals surface area contributed by atoms with Crippen molar-refractivity contribution in [1.82, 2.24) is 5.32 Å². The van der Waals surface area contributed by atoms with E-state index in [9.17, 15) is 4.79 Å². The molecule has 14 heavy (non-hydrogen) atoms. The Bertz CT molecular complexity index is 247. The molecular weight excluding hydrogens is 268 g/mol. The zero-order valence-electron chi connectivity index (χ0n) is 7.98. The maximum atomic E-state index is 11.3. The van der Waals surface area contributed by atoms with Gasteiger partial charge in [-0.25, -0.2) is 0 Å². The Morgan fingerprint density at radius 2 is 1.93 bits per heavy atom. The summed E-state index contributed by atoms with van der Waals surface area (Å²) in [4.78, 5) is 29.4. The molecule has 0 heterocycles. The maximum absolute atomic E-state index is 11.3. The number of carbonyl (C=O) groups excluding carboxylic acids is 1. The molecule has 4 nitrogen and oxygen atoms in total. The summed E-state index contributed by atoms with van der Waals surface area (Å²) in [5.41, 5.74) is 0. The molecule has 1 rings (SSSR count). The predicted octanol–water partition coefficient (Wildman–Crippen LogP) is 0.351. The number of carbonyl (C=O) groups is 1. The molecule has 0 aromatic carbocycles. The minimum atomic E-state index is -3.08. The fourth-order valence-electron chi connectivity index (χ4n) is 1.71. The second kappa shape index (κ2) is 5.43. The summed E-state index contributed by atoms with van der Waals surface area (Å²) in [6, 6.07) is 0.239. The average Bonchev–Trinajstić information content (AvgIpc) is 2.02. The fourth-order valence-corrected chi connectivity index (χ4v) is 2.91. The van der Waals surface area contributed by atoms with E-state index in [1.807, 2.05) is 0 Å². The van der Waals surface area contributed by atoms with Gasteiger partial charge in [0, 0.05) is 0 Å². The fraction of sp³-hybridized carbons (Fsp3) is 0.875. The van der Waals surface area contributed by atoms with Gasteiger partial charge < -0.3 is 0 Å². The molecule has 1 aliphatic rings. The first-order valence-electron chi connectivity index (χ1n) is 4.81. The first-order valence-corrected chi connectivity index (χ1v) is 8.91. The van der Waals surface area contributed by atoms with Crippen molar-refractivity contribution in [3.63, 3.8) is 0 Å². The number of hydrogen-bond acceptors (Lipinski definition) is 3. The second-order valence-corrected chi connectivity index (χ2v) is 9.05. The summed E-state index contributed by atoms with van der Waals surface area (Å²) in [5.74, 6) is -3.33. The van der Waals surface area contributed by atoms with E-state index in [4.69, 9.17) is 9.79 Å². The molecule has 0 radical (unpaired) electrons. The molecule has 0 aliphatic heterocycles. The van der Waals surface area contributed by atoms with Crippen LogP contribution in [-0.2, 0) is 4.79 Å². The Balaban J connectivity index is 2.29. The van der Waals surface area contributed by atoms with E-state index in [0.29, 0.717) is 0 Å². The average molecular weight is 284 g/mol. The van der Waals surface area contributed by atoms with E-state index in [2.05, 4.69) is 20.4 Å². The normalized spacial score (nSPS) is 19.3. The van der Waals surface area contributed by atoms with E-state index in [1.165, 1.54) is 6.42 Å². The van der Waals surface area contributed by atoms with Gasteiger partial charge >= 0.3 is 91.2 Å². The van der Waals surface area contributed by atoms with E-state index < -0.39 is 5.96 Å². The summed E-state index contributed by atoms with van der Waals surface area (Å²) in [5, 5.41) is 2.82. The van der Waals surface area contributed by atoms with Gasteiger partial charge in [-0.15, -0.1) is 0 Å². The van der Waals surface area contributed by atoms with Crippen LogP contribution in [0.2, 0.25) is 0 Å². The van der Waals surface area contributed by atoms with Crippen LogP contribution in [-0.4, -0.2) is 43.0 Å². The molecule has 1 aliphatic carbocycles. The van der Waals surface area contributed by atoms with Gasteiger partial charge in [-0.05, 0) is 0 Å². The van der Waals surface area contributed by atoms with Crippen molar-refractivity contribution in [3.8, 4) is 0 Å². The summed E-state index contributed by atoms with van der Waals surface area (Å²) in [6.45, 7) is 0. The Labute approximate surface area is 91.5 Å². The Hall–Kier alpha value is 0.339. The van der Waals surface area contributed by atoms with Crippen LogP contribution in [0.25, 0.3) is 0 Å². The second-order valence-electron chi connectivity index (χ2n) is 3.73. The van der Waals surface area contributed by atoms with Crippen molar-refractivity contribution in [3.05, 3.63) is 0 Å². The van der Waals surface area contributed by atoms with Crippen LogP contribution in [0.15, 0.2) is 0 Å². The monoisotopic (exact) mass is 285 g/mol. The van der Waals surface area contributed by atoms with Crippen molar-refractivity contribution in [2.75, 3.05) is 6.16 Å². The molecule has 0 aromatic rings. The van der Waals surface area contributed by atoms with Crippen LogP contribution in [0.4, 0.5) is 0 Å².